The van der Waals surface area contributed by atoms with Crippen molar-refractivity contribution in [1.29, 1.82) is 0 Å². The first kappa shape index (κ1) is 18.0. The second-order valence-corrected chi connectivity index (χ2v) is 6.54. The summed E-state index contributed by atoms with van der Waals surface area (Å²) in [4.78, 5) is 16.5. The molecule has 2 N–H and O–H groups in total. The predicted molar refractivity (Wildman–Crippen MR) is 104 cm³/mol. The van der Waals surface area contributed by atoms with Crippen molar-refractivity contribution in [2.45, 2.75) is 20.3 Å². The van der Waals surface area contributed by atoms with E-state index < -0.39 is 0 Å². The molecule has 0 aliphatic carbocycles. The molecule has 0 atom stereocenters. The van der Waals surface area contributed by atoms with Gasteiger partial charge < -0.3 is 15.1 Å². The van der Waals surface area contributed by atoms with E-state index in [0.717, 1.165) is 22.5 Å². The number of aryl methyl sites for hydroxylation is 2. The Kier molecular flexibility index (Phi) is 5.58. The highest BCUT2D eigenvalue weighted by Crippen LogP contribution is 2.20. The molecule has 6 heteroatoms. The Morgan fingerprint density at radius 2 is 1.92 bits per heavy atom. The van der Waals surface area contributed by atoms with Crippen molar-refractivity contribution in [2.24, 2.45) is 0 Å². The molecule has 0 saturated carbocycles. The third-order valence-electron chi connectivity index (χ3n) is 3.95. The Labute approximate surface area is 157 Å². The minimum Gasteiger partial charge on any atom is -0.444 e. The van der Waals surface area contributed by atoms with Crippen molar-refractivity contribution in [1.82, 2.24) is 10.3 Å². The molecule has 3 rings (SSSR count). The number of carbonyl (C=O) groups is 1. The van der Waals surface area contributed by atoms with Crippen molar-refractivity contribution >= 4 is 23.3 Å². The van der Waals surface area contributed by atoms with Crippen LogP contribution in [0.2, 0.25) is 5.02 Å². The second kappa shape index (κ2) is 8.06. The van der Waals surface area contributed by atoms with Gasteiger partial charge in [-0.15, -0.1) is 0 Å². The van der Waals surface area contributed by atoms with Crippen molar-refractivity contribution < 1.29 is 9.21 Å². The number of anilines is 1. The number of hydrogen-bond donors (Lipinski definition) is 2. The highest BCUT2D eigenvalue weighted by molar-refractivity contribution is 6.30. The van der Waals surface area contributed by atoms with Crippen LogP contribution >= 0.6 is 11.6 Å². The molecule has 1 heterocycles. The third-order valence-corrected chi connectivity index (χ3v) is 4.19. The van der Waals surface area contributed by atoms with Crippen LogP contribution in [-0.2, 0) is 6.42 Å². The molecule has 0 spiro atoms. The molecule has 2 amide bonds. The molecule has 0 aliphatic heterocycles. The fourth-order valence-electron chi connectivity index (χ4n) is 2.49. The predicted octanol–water partition coefficient (Wildman–Crippen LogP) is 4.98. The molecule has 0 saturated heterocycles. The fraction of sp³-hybridized carbons (Fsp3) is 0.200. The number of nitrogens with zero attached hydrogens (tertiary/aromatic N) is 1. The zero-order chi connectivity index (χ0) is 18.5. The molecule has 0 radical (unpaired) electrons. The van der Waals surface area contributed by atoms with E-state index in [1.807, 2.05) is 38.1 Å². The van der Waals surface area contributed by atoms with Crippen LogP contribution < -0.4 is 10.6 Å². The number of nitrogens with one attached hydrogen (secondary N) is 2. The normalized spacial score (nSPS) is 10.6. The molecular formula is C20H20ClN3O2. The second-order valence-electron chi connectivity index (χ2n) is 6.10. The van der Waals surface area contributed by atoms with Gasteiger partial charge in [0.2, 0.25) is 5.89 Å². The number of halogens is 1. The fourth-order valence-corrected chi connectivity index (χ4v) is 2.72. The number of oxazole rings is 1. The number of rotatable bonds is 5. The lowest BCUT2D eigenvalue weighted by Gasteiger charge is -2.09. The summed E-state index contributed by atoms with van der Waals surface area (Å²) in [6.45, 7) is 4.38. The molecule has 3 aromatic rings. The maximum absolute atomic E-state index is 12.0. The number of amides is 2. The van der Waals surface area contributed by atoms with Gasteiger partial charge in [-0.05, 0) is 49.7 Å². The molecule has 5 nitrogen and oxygen atoms in total. The van der Waals surface area contributed by atoms with Gasteiger partial charge in [-0.2, -0.15) is 0 Å². The van der Waals surface area contributed by atoms with E-state index in [-0.39, 0.29) is 6.03 Å². The van der Waals surface area contributed by atoms with Crippen LogP contribution in [0.1, 0.15) is 16.8 Å². The number of benzene rings is 2. The van der Waals surface area contributed by atoms with Crippen molar-refractivity contribution in [3.05, 3.63) is 70.6 Å². The summed E-state index contributed by atoms with van der Waals surface area (Å²) in [5, 5.41) is 6.26. The van der Waals surface area contributed by atoms with Gasteiger partial charge in [0.15, 0.2) is 0 Å². The van der Waals surface area contributed by atoms with Crippen LogP contribution in [0.5, 0.6) is 0 Å². The highest BCUT2D eigenvalue weighted by Gasteiger charge is 2.08. The SMILES string of the molecule is Cc1ccc(-c2nc(CCNC(=O)Nc3ccc(Cl)cc3C)co2)cc1. The topological polar surface area (TPSA) is 67.2 Å². The zero-order valence-electron chi connectivity index (χ0n) is 14.7. The Morgan fingerprint density at radius 1 is 1.15 bits per heavy atom. The first-order valence-electron chi connectivity index (χ1n) is 8.34. The Hall–Kier alpha value is -2.79. The van der Waals surface area contributed by atoms with Crippen LogP contribution in [0, 0.1) is 13.8 Å². The lowest BCUT2D eigenvalue weighted by Crippen LogP contribution is -2.30. The largest absolute Gasteiger partial charge is 0.444 e. The minimum absolute atomic E-state index is 0.266. The van der Waals surface area contributed by atoms with E-state index in [9.17, 15) is 4.79 Å². The average molecular weight is 370 g/mol. The summed E-state index contributed by atoms with van der Waals surface area (Å²) in [6.07, 6.45) is 2.21. The van der Waals surface area contributed by atoms with Gasteiger partial charge in [-0.3, -0.25) is 0 Å². The van der Waals surface area contributed by atoms with Crippen LogP contribution in [-0.4, -0.2) is 17.6 Å². The van der Waals surface area contributed by atoms with E-state index in [1.54, 1.807) is 24.5 Å². The lowest BCUT2D eigenvalue weighted by atomic mass is 10.1. The third kappa shape index (κ3) is 4.64. The zero-order valence-corrected chi connectivity index (χ0v) is 15.4. The molecule has 0 unspecified atom stereocenters. The van der Waals surface area contributed by atoms with Crippen molar-refractivity contribution in [2.75, 3.05) is 11.9 Å². The molecule has 26 heavy (non-hydrogen) atoms. The van der Waals surface area contributed by atoms with Crippen LogP contribution in [0.15, 0.2) is 53.1 Å². The summed E-state index contributed by atoms with van der Waals surface area (Å²) in [5.74, 6) is 0.584. The first-order valence-corrected chi connectivity index (χ1v) is 8.71. The summed E-state index contributed by atoms with van der Waals surface area (Å²) in [6, 6.07) is 13.1. The maximum Gasteiger partial charge on any atom is 0.319 e. The van der Waals surface area contributed by atoms with E-state index in [2.05, 4.69) is 15.6 Å². The smallest absolute Gasteiger partial charge is 0.319 e. The Morgan fingerprint density at radius 3 is 2.65 bits per heavy atom. The summed E-state index contributed by atoms with van der Waals surface area (Å²) in [5.41, 5.74) is 4.56. The quantitative estimate of drug-likeness (QED) is 0.666. The van der Waals surface area contributed by atoms with Crippen LogP contribution in [0.25, 0.3) is 11.5 Å². The number of aromatic nitrogens is 1. The van der Waals surface area contributed by atoms with E-state index in [0.29, 0.717) is 23.9 Å². The van der Waals surface area contributed by atoms with Gasteiger partial charge in [-0.25, -0.2) is 9.78 Å². The molecule has 0 aliphatic rings. The Balaban J connectivity index is 1.50. The maximum atomic E-state index is 12.0. The standard InChI is InChI=1S/C20H20ClN3O2/c1-13-3-5-15(6-4-13)19-23-17(12-26-19)9-10-22-20(25)24-18-8-7-16(21)11-14(18)2/h3-8,11-12H,9-10H2,1-2H3,(H2,22,24,25). The number of carbonyl (C=O) groups excluding carboxylic acids is 1. The number of hydrogen-bond acceptors (Lipinski definition) is 3. The van der Waals surface area contributed by atoms with Gasteiger partial charge in [0.1, 0.15) is 6.26 Å². The Bertz CT molecular complexity index is 904. The lowest BCUT2D eigenvalue weighted by molar-refractivity contribution is 0.252. The summed E-state index contributed by atoms with van der Waals surface area (Å²) >= 11 is 5.91. The van der Waals surface area contributed by atoms with Crippen molar-refractivity contribution in [3.8, 4) is 11.5 Å². The van der Waals surface area contributed by atoms with Crippen molar-refractivity contribution in [3.63, 3.8) is 0 Å². The van der Waals surface area contributed by atoms with Gasteiger partial charge >= 0.3 is 6.03 Å². The minimum atomic E-state index is -0.266. The van der Waals surface area contributed by atoms with E-state index in [1.165, 1.54) is 5.56 Å². The van der Waals surface area contributed by atoms with E-state index >= 15 is 0 Å². The van der Waals surface area contributed by atoms with Gasteiger partial charge in [-0.1, -0.05) is 29.3 Å². The van der Waals surface area contributed by atoms with E-state index in [4.69, 9.17) is 16.0 Å². The summed E-state index contributed by atoms with van der Waals surface area (Å²) in [7, 11) is 0. The van der Waals surface area contributed by atoms with Gasteiger partial charge in [0, 0.05) is 29.2 Å². The molecule has 0 bridgehead atoms. The molecule has 134 valence electrons. The molecule has 0 fully saturated rings. The van der Waals surface area contributed by atoms with Crippen LogP contribution in [0.4, 0.5) is 10.5 Å². The molecular weight excluding hydrogens is 350 g/mol. The monoisotopic (exact) mass is 369 g/mol. The average Bonchev–Trinajstić information content (AvgIpc) is 3.07. The highest BCUT2D eigenvalue weighted by atomic mass is 35.5. The molecule has 1 aromatic heterocycles. The number of urea groups is 1. The summed E-state index contributed by atoms with van der Waals surface area (Å²) < 4.78 is 5.52. The first-order chi connectivity index (χ1) is 12.5. The molecule has 2 aromatic carbocycles. The van der Waals surface area contributed by atoms with Crippen LogP contribution in [0.3, 0.4) is 0 Å². The van der Waals surface area contributed by atoms with Gasteiger partial charge in [0.25, 0.3) is 0 Å². The van der Waals surface area contributed by atoms with Gasteiger partial charge in [0.05, 0.1) is 5.69 Å².